The SMILES string of the molecule is CC1=CCCC=C1c1cccc(-c2ccc(N(c3ccccc3)c3cccc(-c4ccc5c(c4)C(/C(=C(\C)C4=CC=CCC4)C4C=CC=CC4)=C(C)C54c5ccccc5-c5ccccc54)c3)cc2)c1C. The zero-order valence-electron chi connectivity index (χ0n) is 40.8. The Morgan fingerprint density at radius 3 is 1.89 bits per heavy atom. The highest BCUT2D eigenvalue weighted by Crippen LogP contribution is 2.64. The topological polar surface area (TPSA) is 3.24 Å². The van der Waals surface area contributed by atoms with Gasteiger partial charge in [0.2, 0.25) is 0 Å². The molecule has 0 saturated heterocycles. The van der Waals surface area contributed by atoms with Crippen molar-refractivity contribution in [3.63, 3.8) is 0 Å². The predicted octanol–water partition coefficient (Wildman–Crippen LogP) is 18.7. The van der Waals surface area contributed by atoms with Crippen molar-refractivity contribution in [3.8, 4) is 33.4 Å². The summed E-state index contributed by atoms with van der Waals surface area (Å²) in [5.41, 5.74) is 28.6. The van der Waals surface area contributed by atoms with Crippen LogP contribution in [0.1, 0.15) is 86.3 Å². The molecule has 70 heavy (non-hydrogen) atoms. The van der Waals surface area contributed by atoms with Crippen molar-refractivity contribution in [1.29, 1.82) is 0 Å². The summed E-state index contributed by atoms with van der Waals surface area (Å²) >= 11 is 0. The third kappa shape index (κ3) is 7.13. The fraction of sp³-hybridized carbons (Fsp3) is 0.159. The number of benzene rings is 7. The second-order valence-electron chi connectivity index (χ2n) is 19.8. The molecule has 1 spiro atoms. The van der Waals surface area contributed by atoms with Crippen molar-refractivity contribution in [2.45, 2.75) is 65.2 Å². The number of nitrogens with zero attached hydrogens (tertiary/aromatic N) is 1. The Balaban J connectivity index is 1.00. The minimum atomic E-state index is -0.405. The maximum Gasteiger partial charge on any atom is 0.0685 e. The second kappa shape index (κ2) is 18.0. The lowest BCUT2D eigenvalue weighted by Crippen LogP contribution is -2.26. The van der Waals surface area contributed by atoms with Crippen LogP contribution in [-0.4, -0.2) is 0 Å². The third-order valence-corrected chi connectivity index (χ3v) is 16.0. The number of rotatable bonds is 9. The number of fused-ring (bicyclic) bond motifs is 7. The lowest BCUT2D eigenvalue weighted by Gasteiger charge is -2.31. The molecule has 5 aliphatic rings. The molecule has 0 bridgehead atoms. The molecule has 1 unspecified atom stereocenters. The Kier molecular flexibility index (Phi) is 11.2. The Morgan fingerprint density at radius 2 is 1.16 bits per heavy atom. The molecule has 0 heterocycles. The summed E-state index contributed by atoms with van der Waals surface area (Å²) in [6.07, 6.45) is 26.3. The van der Waals surface area contributed by atoms with Crippen molar-refractivity contribution in [2.75, 3.05) is 4.90 Å². The fourth-order valence-corrected chi connectivity index (χ4v) is 12.7. The highest BCUT2D eigenvalue weighted by molar-refractivity contribution is 6.00. The Labute approximate surface area is 415 Å². The highest BCUT2D eigenvalue weighted by Gasteiger charge is 2.52. The summed E-state index contributed by atoms with van der Waals surface area (Å²) in [4.78, 5) is 2.40. The molecule has 7 aromatic carbocycles. The molecule has 7 aromatic rings. The summed E-state index contributed by atoms with van der Waals surface area (Å²) < 4.78 is 0. The average molecular weight is 902 g/mol. The van der Waals surface area contributed by atoms with Gasteiger partial charge in [0.25, 0.3) is 0 Å². The van der Waals surface area contributed by atoms with E-state index in [9.17, 15) is 0 Å². The molecule has 0 N–H and O–H groups in total. The van der Waals surface area contributed by atoms with Gasteiger partial charge in [-0.1, -0.05) is 176 Å². The van der Waals surface area contributed by atoms with E-state index < -0.39 is 5.41 Å². The minimum Gasteiger partial charge on any atom is -0.310 e. The molecule has 12 rings (SSSR count). The van der Waals surface area contributed by atoms with Crippen LogP contribution in [0.4, 0.5) is 17.1 Å². The molecule has 0 amide bonds. The second-order valence-corrected chi connectivity index (χ2v) is 19.8. The molecule has 0 radical (unpaired) electrons. The van der Waals surface area contributed by atoms with E-state index in [1.165, 1.54) is 106 Å². The summed E-state index contributed by atoms with van der Waals surface area (Å²) in [6.45, 7) is 9.38. The average Bonchev–Trinajstić information content (AvgIpc) is 3.86. The first-order chi connectivity index (χ1) is 34.4. The van der Waals surface area contributed by atoms with Crippen LogP contribution >= 0.6 is 0 Å². The molecule has 340 valence electrons. The minimum absolute atomic E-state index is 0.262. The van der Waals surface area contributed by atoms with Crippen LogP contribution in [0.25, 0.3) is 44.5 Å². The van der Waals surface area contributed by atoms with Gasteiger partial charge in [-0.25, -0.2) is 0 Å². The molecule has 1 heteroatoms. The zero-order valence-corrected chi connectivity index (χ0v) is 40.8. The molecule has 1 atom stereocenters. The first kappa shape index (κ1) is 43.5. The third-order valence-electron chi connectivity index (χ3n) is 16.0. The predicted molar refractivity (Wildman–Crippen MR) is 298 cm³/mol. The van der Waals surface area contributed by atoms with Gasteiger partial charge in [0.15, 0.2) is 0 Å². The van der Waals surface area contributed by atoms with E-state index in [4.69, 9.17) is 0 Å². The summed E-state index contributed by atoms with van der Waals surface area (Å²) in [7, 11) is 0. The smallest absolute Gasteiger partial charge is 0.0685 e. The summed E-state index contributed by atoms with van der Waals surface area (Å²) in [5.74, 6) is 0.262. The molecular formula is C69H59N. The van der Waals surface area contributed by atoms with Crippen LogP contribution < -0.4 is 4.90 Å². The van der Waals surface area contributed by atoms with Crippen molar-refractivity contribution in [3.05, 3.63) is 280 Å². The van der Waals surface area contributed by atoms with Crippen LogP contribution in [0.5, 0.6) is 0 Å². The maximum absolute atomic E-state index is 2.54. The summed E-state index contributed by atoms with van der Waals surface area (Å²) in [6, 6.07) is 61.7. The lowest BCUT2D eigenvalue weighted by molar-refractivity contribution is 0.758. The Morgan fingerprint density at radius 1 is 0.514 bits per heavy atom. The van der Waals surface area contributed by atoms with Crippen molar-refractivity contribution in [2.24, 2.45) is 5.92 Å². The van der Waals surface area contributed by atoms with E-state index in [1.54, 1.807) is 0 Å². The van der Waals surface area contributed by atoms with E-state index in [0.717, 1.165) is 49.2 Å². The van der Waals surface area contributed by atoms with E-state index >= 15 is 0 Å². The number of allylic oxidation sites excluding steroid dienone is 16. The van der Waals surface area contributed by atoms with Crippen molar-refractivity contribution >= 4 is 28.2 Å². The van der Waals surface area contributed by atoms with Gasteiger partial charge in [-0.2, -0.15) is 0 Å². The van der Waals surface area contributed by atoms with Crippen molar-refractivity contribution < 1.29 is 0 Å². The standard InChI is InChI=1S/C69H59N/c1-46-22-14-15-31-58(46)60-35-21-34-59(48(60)3)51-38-41-56(42-39-51)70(55-28-12-7-13-29-55)57-30-20-27-53(44-57)54-40-43-66-63(45-54)68(67(52-25-10-6-11-26-52)47(2)50-23-8-5-9-24-50)49(4)69(66)64-36-18-16-32-61(64)62-33-17-19-37-65(62)69/h5-8,10-13,16-23,25,27-45,52H,9,14-15,24,26H2,1-4H3/b67-47+. The molecule has 0 saturated carbocycles. The monoisotopic (exact) mass is 901 g/mol. The van der Waals surface area contributed by atoms with E-state index in [1.807, 2.05) is 0 Å². The highest BCUT2D eigenvalue weighted by atomic mass is 15.1. The van der Waals surface area contributed by atoms with Crippen LogP contribution in [0.2, 0.25) is 0 Å². The zero-order chi connectivity index (χ0) is 47.3. The first-order valence-electron chi connectivity index (χ1n) is 25.4. The molecule has 5 aliphatic carbocycles. The molecule has 0 aliphatic heterocycles. The van der Waals surface area contributed by atoms with Crippen LogP contribution in [-0.2, 0) is 5.41 Å². The fourth-order valence-electron chi connectivity index (χ4n) is 12.7. The van der Waals surface area contributed by atoms with E-state index in [0.29, 0.717) is 0 Å². The van der Waals surface area contributed by atoms with Gasteiger partial charge in [-0.15, -0.1) is 0 Å². The Hall–Kier alpha value is -7.74. The molecule has 1 nitrogen and oxygen atoms in total. The van der Waals surface area contributed by atoms with Gasteiger partial charge in [-0.05, 0) is 208 Å². The molecule has 0 fully saturated rings. The van der Waals surface area contributed by atoms with Crippen molar-refractivity contribution in [1.82, 2.24) is 0 Å². The van der Waals surface area contributed by atoms with Gasteiger partial charge in [0.1, 0.15) is 0 Å². The molecular weight excluding hydrogens is 843 g/mol. The number of hydrogen-bond acceptors (Lipinski definition) is 1. The number of anilines is 3. The quantitative estimate of drug-likeness (QED) is 0.140. The van der Waals surface area contributed by atoms with Gasteiger partial charge in [0, 0.05) is 23.0 Å². The van der Waals surface area contributed by atoms with Gasteiger partial charge in [0.05, 0.1) is 5.41 Å². The van der Waals surface area contributed by atoms with Crippen LogP contribution in [0, 0.1) is 12.8 Å². The molecule has 0 aromatic heterocycles. The Bertz CT molecular complexity index is 3440. The maximum atomic E-state index is 2.54. The van der Waals surface area contributed by atoms with Crippen LogP contribution in [0.3, 0.4) is 0 Å². The van der Waals surface area contributed by atoms with Crippen LogP contribution in [0.15, 0.2) is 246 Å². The van der Waals surface area contributed by atoms with Gasteiger partial charge < -0.3 is 4.90 Å². The van der Waals surface area contributed by atoms with E-state index in [-0.39, 0.29) is 5.92 Å². The summed E-state index contributed by atoms with van der Waals surface area (Å²) in [5, 5.41) is 0. The van der Waals surface area contributed by atoms with Gasteiger partial charge >= 0.3 is 0 Å². The normalized spacial score (nSPS) is 17.7. The number of para-hydroxylation sites is 1. The number of hydrogen-bond donors (Lipinski definition) is 0. The first-order valence-corrected chi connectivity index (χ1v) is 25.4. The lowest BCUT2D eigenvalue weighted by atomic mass is 9.69. The largest absolute Gasteiger partial charge is 0.310 e. The van der Waals surface area contributed by atoms with Gasteiger partial charge in [-0.3, -0.25) is 0 Å². The van der Waals surface area contributed by atoms with E-state index in [2.05, 4.69) is 251 Å².